The van der Waals surface area contributed by atoms with E-state index < -0.39 is 11.5 Å². The van der Waals surface area contributed by atoms with Gasteiger partial charge in [0.15, 0.2) is 17.1 Å². The van der Waals surface area contributed by atoms with E-state index in [0.29, 0.717) is 29.2 Å². The minimum absolute atomic E-state index is 0.0871. The van der Waals surface area contributed by atoms with Crippen LogP contribution in [0.3, 0.4) is 0 Å². The van der Waals surface area contributed by atoms with Gasteiger partial charge in [0.2, 0.25) is 0 Å². The molecule has 9 heteroatoms. The zero-order valence-corrected chi connectivity index (χ0v) is 16.7. The number of carbonyl (C=O) groups is 1. The Kier molecular flexibility index (Phi) is 5.65. The molecule has 0 fully saturated rings. The van der Waals surface area contributed by atoms with E-state index in [1.54, 1.807) is 36.4 Å². The summed E-state index contributed by atoms with van der Waals surface area (Å²) in [5, 5.41) is 7.43. The smallest absolute Gasteiger partial charge is 0.349 e. The zero-order valence-electron chi connectivity index (χ0n) is 16.7. The van der Waals surface area contributed by atoms with Crippen LogP contribution in [0, 0.1) is 0 Å². The van der Waals surface area contributed by atoms with Crippen molar-refractivity contribution < 1.29 is 18.4 Å². The normalized spacial score (nSPS) is 10.9. The van der Waals surface area contributed by atoms with Gasteiger partial charge in [-0.05, 0) is 37.3 Å². The summed E-state index contributed by atoms with van der Waals surface area (Å²) in [6.45, 7) is 2.44. The highest BCUT2D eigenvalue weighted by molar-refractivity contribution is 5.97. The SMILES string of the molecule is CCOc1cccc2cc(C(=O)NCCn3nc(-c4ccco4)ccc3=O)c(=O)oc12. The predicted molar refractivity (Wildman–Crippen MR) is 112 cm³/mol. The van der Waals surface area contributed by atoms with Gasteiger partial charge in [0.1, 0.15) is 11.3 Å². The highest BCUT2D eigenvalue weighted by Crippen LogP contribution is 2.24. The molecule has 31 heavy (non-hydrogen) atoms. The molecule has 1 aromatic carbocycles. The molecular weight excluding hydrogens is 402 g/mol. The highest BCUT2D eigenvalue weighted by atomic mass is 16.5. The molecule has 0 bridgehead atoms. The number of para-hydroxylation sites is 1. The molecule has 0 saturated heterocycles. The molecule has 4 rings (SSSR count). The summed E-state index contributed by atoms with van der Waals surface area (Å²) in [5.74, 6) is 0.358. The maximum atomic E-state index is 12.5. The molecule has 9 nitrogen and oxygen atoms in total. The fourth-order valence-corrected chi connectivity index (χ4v) is 3.08. The van der Waals surface area contributed by atoms with Crippen molar-refractivity contribution in [3.63, 3.8) is 0 Å². The van der Waals surface area contributed by atoms with Crippen molar-refractivity contribution in [2.45, 2.75) is 13.5 Å². The lowest BCUT2D eigenvalue weighted by molar-refractivity contribution is 0.0948. The van der Waals surface area contributed by atoms with Gasteiger partial charge in [0.25, 0.3) is 11.5 Å². The number of furan rings is 1. The summed E-state index contributed by atoms with van der Waals surface area (Å²) in [7, 11) is 0. The number of hydrogen-bond donors (Lipinski definition) is 1. The molecule has 158 valence electrons. The second kappa shape index (κ2) is 8.70. The number of benzene rings is 1. The number of rotatable bonds is 7. The Labute approximate surface area is 175 Å². The molecule has 1 N–H and O–H groups in total. The van der Waals surface area contributed by atoms with E-state index in [2.05, 4.69) is 10.4 Å². The quantitative estimate of drug-likeness (QED) is 0.456. The first-order valence-corrected chi connectivity index (χ1v) is 9.66. The summed E-state index contributed by atoms with van der Waals surface area (Å²) in [4.78, 5) is 36.9. The Morgan fingerprint density at radius 3 is 2.81 bits per heavy atom. The second-order valence-corrected chi connectivity index (χ2v) is 6.57. The molecule has 0 saturated carbocycles. The Hall–Kier alpha value is -4.14. The van der Waals surface area contributed by atoms with Gasteiger partial charge in [-0.3, -0.25) is 9.59 Å². The number of fused-ring (bicyclic) bond motifs is 1. The number of nitrogens with one attached hydrogen (secondary N) is 1. The largest absolute Gasteiger partial charge is 0.490 e. The van der Waals surface area contributed by atoms with Crippen LogP contribution in [0.15, 0.2) is 73.2 Å². The Morgan fingerprint density at radius 2 is 2.03 bits per heavy atom. The van der Waals surface area contributed by atoms with Crippen LogP contribution in [-0.2, 0) is 6.54 Å². The van der Waals surface area contributed by atoms with Crippen LogP contribution >= 0.6 is 0 Å². The molecule has 3 heterocycles. The van der Waals surface area contributed by atoms with Gasteiger partial charge in [-0.1, -0.05) is 12.1 Å². The fraction of sp³-hybridized carbons (Fsp3) is 0.182. The van der Waals surface area contributed by atoms with Crippen molar-refractivity contribution in [3.05, 3.63) is 81.1 Å². The average molecular weight is 421 g/mol. The van der Waals surface area contributed by atoms with Crippen molar-refractivity contribution in [1.29, 1.82) is 0 Å². The molecule has 3 aromatic heterocycles. The highest BCUT2D eigenvalue weighted by Gasteiger charge is 2.15. The number of amides is 1. The van der Waals surface area contributed by atoms with E-state index in [4.69, 9.17) is 13.6 Å². The van der Waals surface area contributed by atoms with Crippen LogP contribution in [0.1, 0.15) is 17.3 Å². The molecular formula is C22H19N3O6. The minimum Gasteiger partial charge on any atom is -0.490 e. The van der Waals surface area contributed by atoms with Gasteiger partial charge in [0, 0.05) is 18.0 Å². The van der Waals surface area contributed by atoms with Crippen LogP contribution in [0.5, 0.6) is 5.75 Å². The predicted octanol–water partition coefficient (Wildman–Crippen LogP) is 2.44. The van der Waals surface area contributed by atoms with Crippen molar-refractivity contribution in [3.8, 4) is 17.2 Å². The van der Waals surface area contributed by atoms with Gasteiger partial charge >= 0.3 is 5.63 Å². The van der Waals surface area contributed by atoms with E-state index in [-0.39, 0.29) is 29.8 Å². The van der Waals surface area contributed by atoms with Crippen LogP contribution < -0.4 is 21.2 Å². The number of hydrogen-bond acceptors (Lipinski definition) is 7. The molecule has 0 radical (unpaired) electrons. The molecule has 0 atom stereocenters. The van der Waals surface area contributed by atoms with Crippen molar-refractivity contribution in [2.75, 3.05) is 13.2 Å². The van der Waals surface area contributed by atoms with Gasteiger partial charge in [0.05, 0.1) is 19.4 Å². The molecule has 0 aliphatic rings. The number of aromatic nitrogens is 2. The van der Waals surface area contributed by atoms with Crippen molar-refractivity contribution in [2.24, 2.45) is 0 Å². The molecule has 0 aliphatic heterocycles. The van der Waals surface area contributed by atoms with Crippen LogP contribution in [0.2, 0.25) is 0 Å². The molecule has 0 unspecified atom stereocenters. The van der Waals surface area contributed by atoms with E-state index >= 15 is 0 Å². The first-order chi connectivity index (χ1) is 15.1. The lowest BCUT2D eigenvalue weighted by Gasteiger charge is -2.09. The monoisotopic (exact) mass is 421 g/mol. The third kappa shape index (κ3) is 4.25. The first-order valence-electron chi connectivity index (χ1n) is 9.66. The summed E-state index contributed by atoms with van der Waals surface area (Å²) in [6.07, 6.45) is 1.51. The third-order valence-corrected chi connectivity index (χ3v) is 4.52. The van der Waals surface area contributed by atoms with Gasteiger partial charge < -0.3 is 18.9 Å². The lowest BCUT2D eigenvalue weighted by Crippen LogP contribution is -2.33. The molecule has 0 aliphatic carbocycles. The van der Waals surface area contributed by atoms with Crippen molar-refractivity contribution in [1.82, 2.24) is 15.1 Å². The zero-order chi connectivity index (χ0) is 21.8. The summed E-state index contributed by atoms with van der Waals surface area (Å²) in [5.41, 5.74) is -0.441. The first kappa shape index (κ1) is 20.1. The fourth-order valence-electron chi connectivity index (χ4n) is 3.08. The number of ether oxygens (including phenoxy) is 1. The van der Waals surface area contributed by atoms with Crippen LogP contribution in [0.25, 0.3) is 22.4 Å². The Balaban J connectivity index is 1.49. The number of nitrogens with zero attached hydrogens (tertiary/aromatic N) is 2. The number of carbonyl (C=O) groups excluding carboxylic acids is 1. The summed E-state index contributed by atoms with van der Waals surface area (Å²) >= 11 is 0. The standard InChI is InChI=1S/C22H19N3O6/c1-2-29-18-6-3-5-14-13-15(22(28)31-20(14)18)21(27)23-10-11-25-19(26)9-8-16(24-25)17-7-4-12-30-17/h3-9,12-13H,2,10-11H2,1H3,(H,23,27). The summed E-state index contributed by atoms with van der Waals surface area (Å²) < 4.78 is 17.3. The van der Waals surface area contributed by atoms with Gasteiger partial charge in [-0.25, -0.2) is 9.48 Å². The molecule has 0 spiro atoms. The van der Waals surface area contributed by atoms with E-state index in [1.807, 2.05) is 6.92 Å². The molecule has 1 amide bonds. The van der Waals surface area contributed by atoms with E-state index in [9.17, 15) is 14.4 Å². The topological polar surface area (TPSA) is 117 Å². The van der Waals surface area contributed by atoms with Crippen molar-refractivity contribution >= 4 is 16.9 Å². The molecule has 4 aromatic rings. The minimum atomic E-state index is -0.771. The second-order valence-electron chi connectivity index (χ2n) is 6.57. The van der Waals surface area contributed by atoms with Crippen LogP contribution in [-0.4, -0.2) is 28.8 Å². The Morgan fingerprint density at radius 1 is 1.16 bits per heavy atom. The summed E-state index contributed by atoms with van der Waals surface area (Å²) in [6, 6.07) is 13.0. The van der Waals surface area contributed by atoms with Gasteiger partial charge in [-0.2, -0.15) is 5.10 Å². The maximum absolute atomic E-state index is 12.5. The lowest BCUT2D eigenvalue weighted by atomic mass is 10.1. The maximum Gasteiger partial charge on any atom is 0.349 e. The third-order valence-electron chi connectivity index (χ3n) is 4.52. The average Bonchev–Trinajstić information content (AvgIpc) is 3.30. The van der Waals surface area contributed by atoms with E-state index in [1.165, 1.54) is 23.1 Å². The Bertz CT molecular complexity index is 1340. The van der Waals surface area contributed by atoms with Crippen LogP contribution in [0.4, 0.5) is 0 Å². The van der Waals surface area contributed by atoms with E-state index in [0.717, 1.165) is 0 Å². The van der Waals surface area contributed by atoms with Gasteiger partial charge in [-0.15, -0.1) is 0 Å².